The van der Waals surface area contributed by atoms with E-state index in [4.69, 9.17) is 5.26 Å². The van der Waals surface area contributed by atoms with E-state index in [1.54, 1.807) is 12.1 Å². The molecule has 0 radical (unpaired) electrons. The highest BCUT2D eigenvalue weighted by molar-refractivity contribution is 6.05. The van der Waals surface area contributed by atoms with Crippen molar-refractivity contribution in [2.45, 2.75) is 0 Å². The van der Waals surface area contributed by atoms with Gasteiger partial charge >= 0.3 is 0 Å². The number of amides is 1. The van der Waals surface area contributed by atoms with Crippen molar-refractivity contribution < 1.29 is 9.18 Å². The zero-order valence-electron chi connectivity index (χ0n) is 10.0. The first-order valence-corrected chi connectivity index (χ1v) is 5.37. The second-order valence-electron chi connectivity index (χ2n) is 3.74. The first kappa shape index (κ1) is 12.6. The van der Waals surface area contributed by atoms with Crippen molar-refractivity contribution in [1.29, 1.82) is 5.26 Å². The number of nitrogens with zero attached hydrogens (tertiary/aromatic N) is 4. The first-order chi connectivity index (χ1) is 9.13. The molecule has 1 amide bonds. The van der Waals surface area contributed by atoms with Crippen LogP contribution in [-0.2, 0) is 0 Å². The van der Waals surface area contributed by atoms with Crippen LogP contribution in [0, 0.1) is 17.1 Å². The molecule has 0 aliphatic heterocycles. The zero-order chi connectivity index (χ0) is 13.8. The van der Waals surface area contributed by atoms with E-state index in [9.17, 15) is 9.18 Å². The van der Waals surface area contributed by atoms with Crippen LogP contribution in [0.4, 0.5) is 10.2 Å². The Labute approximate surface area is 109 Å². The van der Waals surface area contributed by atoms with E-state index in [1.165, 1.54) is 24.3 Å². The van der Waals surface area contributed by atoms with Crippen LogP contribution >= 0.6 is 0 Å². The van der Waals surface area contributed by atoms with Gasteiger partial charge in [0.25, 0.3) is 5.91 Å². The van der Waals surface area contributed by atoms with Crippen molar-refractivity contribution in [3.8, 4) is 6.07 Å². The van der Waals surface area contributed by atoms with Crippen LogP contribution in [0.1, 0.15) is 15.9 Å². The Bertz CT molecular complexity index is 666. The van der Waals surface area contributed by atoms with E-state index in [0.717, 1.165) is 12.3 Å². The summed E-state index contributed by atoms with van der Waals surface area (Å²) in [7, 11) is 1.47. The van der Waals surface area contributed by atoms with Gasteiger partial charge in [0.2, 0.25) is 0 Å². The molecule has 0 N–H and O–H groups in total. The molecule has 5 nitrogen and oxygen atoms in total. The molecule has 94 valence electrons. The molecule has 0 aliphatic carbocycles. The number of aromatic nitrogens is 2. The lowest BCUT2D eigenvalue weighted by Gasteiger charge is -2.16. The quantitative estimate of drug-likeness (QED) is 0.821. The van der Waals surface area contributed by atoms with Crippen LogP contribution in [0.15, 0.2) is 36.8 Å². The summed E-state index contributed by atoms with van der Waals surface area (Å²) in [6, 6.07) is 6.19. The molecule has 0 spiro atoms. The second-order valence-corrected chi connectivity index (χ2v) is 3.74. The topological polar surface area (TPSA) is 69.9 Å². The second kappa shape index (κ2) is 5.23. The van der Waals surface area contributed by atoms with E-state index in [2.05, 4.69) is 9.97 Å². The van der Waals surface area contributed by atoms with Crippen LogP contribution in [0.3, 0.4) is 0 Å². The predicted octanol–water partition coefficient (Wildman–Crippen LogP) is 1.76. The SMILES string of the molecule is CN(C(=O)c1cncc(F)c1)c1ncccc1C#N. The van der Waals surface area contributed by atoms with Crippen molar-refractivity contribution >= 4 is 11.7 Å². The van der Waals surface area contributed by atoms with Gasteiger partial charge < -0.3 is 0 Å². The molecule has 0 fully saturated rings. The number of hydrogen-bond acceptors (Lipinski definition) is 4. The highest BCUT2D eigenvalue weighted by Crippen LogP contribution is 2.17. The van der Waals surface area contributed by atoms with Gasteiger partial charge in [-0.15, -0.1) is 0 Å². The molecular formula is C13H9FN4O. The van der Waals surface area contributed by atoms with Gasteiger partial charge in [0.1, 0.15) is 11.9 Å². The minimum atomic E-state index is -0.597. The maximum Gasteiger partial charge on any atom is 0.260 e. The zero-order valence-corrected chi connectivity index (χ0v) is 10.0. The molecular weight excluding hydrogens is 247 g/mol. The molecule has 6 heteroatoms. The Morgan fingerprint density at radius 1 is 1.47 bits per heavy atom. The summed E-state index contributed by atoms with van der Waals surface area (Å²) in [5.74, 6) is -0.859. The average Bonchev–Trinajstić information content (AvgIpc) is 2.45. The minimum absolute atomic E-state index is 0.0945. The summed E-state index contributed by atoms with van der Waals surface area (Å²) in [5.41, 5.74) is 0.361. The average molecular weight is 256 g/mol. The number of carbonyl (C=O) groups excluding carboxylic acids is 1. The fourth-order valence-electron chi connectivity index (χ4n) is 1.57. The number of nitriles is 1. The normalized spacial score (nSPS) is 9.74. The van der Waals surface area contributed by atoms with Gasteiger partial charge in [-0.3, -0.25) is 14.7 Å². The smallest absolute Gasteiger partial charge is 0.260 e. The Balaban J connectivity index is 2.37. The molecule has 0 saturated heterocycles. The summed E-state index contributed by atoms with van der Waals surface area (Å²) >= 11 is 0. The number of anilines is 1. The van der Waals surface area contributed by atoms with Crippen molar-refractivity contribution in [2.24, 2.45) is 0 Å². The summed E-state index contributed by atoms with van der Waals surface area (Å²) < 4.78 is 13.0. The van der Waals surface area contributed by atoms with Gasteiger partial charge in [0, 0.05) is 19.4 Å². The molecule has 2 aromatic rings. The molecule has 2 heterocycles. The maximum absolute atomic E-state index is 13.0. The summed E-state index contributed by atoms with van der Waals surface area (Å²) in [6.45, 7) is 0. The maximum atomic E-state index is 13.0. The first-order valence-electron chi connectivity index (χ1n) is 5.37. The van der Waals surface area contributed by atoms with Crippen LogP contribution < -0.4 is 4.90 Å². The third-order valence-electron chi connectivity index (χ3n) is 2.48. The largest absolute Gasteiger partial charge is 0.295 e. The third kappa shape index (κ3) is 2.55. The Morgan fingerprint density at radius 2 is 2.26 bits per heavy atom. The Kier molecular flexibility index (Phi) is 3.48. The molecule has 2 rings (SSSR count). The molecule has 0 aromatic carbocycles. The van der Waals surface area contributed by atoms with E-state index in [1.807, 2.05) is 6.07 Å². The van der Waals surface area contributed by atoms with Gasteiger partial charge in [0.15, 0.2) is 5.82 Å². The van der Waals surface area contributed by atoms with Crippen molar-refractivity contribution in [1.82, 2.24) is 9.97 Å². The molecule has 0 atom stereocenters. The number of carbonyl (C=O) groups is 1. The van der Waals surface area contributed by atoms with E-state index in [-0.39, 0.29) is 16.9 Å². The van der Waals surface area contributed by atoms with Crippen molar-refractivity contribution in [3.05, 3.63) is 53.7 Å². The Morgan fingerprint density at radius 3 is 2.95 bits per heavy atom. The molecule has 19 heavy (non-hydrogen) atoms. The van der Waals surface area contributed by atoms with Crippen LogP contribution in [0.25, 0.3) is 0 Å². The molecule has 0 unspecified atom stereocenters. The van der Waals surface area contributed by atoms with E-state index < -0.39 is 11.7 Å². The molecule has 0 bridgehead atoms. The fourth-order valence-corrected chi connectivity index (χ4v) is 1.57. The highest BCUT2D eigenvalue weighted by atomic mass is 19.1. The summed E-state index contributed by atoms with van der Waals surface area (Å²) in [5, 5.41) is 8.96. The van der Waals surface area contributed by atoms with E-state index in [0.29, 0.717) is 0 Å². The number of halogens is 1. The monoisotopic (exact) mass is 256 g/mol. The molecule has 2 aromatic heterocycles. The Hall–Kier alpha value is -2.81. The standard InChI is InChI=1S/C13H9FN4O/c1-18(12-9(6-15)3-2-4-17-12)13(19)10-5-11(14)8-16-7-10/h2-5,7-8H,1H3. The van der Waals surface area contributed by atoms with Gasteiger partial charge in [-0.05, 0) is 18.2 Å². The summed E-state index contributed by atoms with van der Waals surface area (Å²) in [6.07, 6.45) is 3.75. The van der Waals surface area contributed by atoms with Crippen LogP contribution in [-0.4, -0.2) is 22.9 Å². The number of hydrogen-bond donors (Lipinski definition) is 0. The van der Waals surface area contributed by atoms with Gasteiger partial charge in [-0.2, -0.15) is 5.26 Å². The van der Waals surface area contributed by atoms with E-state index >= 15 is 0 Å². The lowest BCUT2D eigenvalue weighted by molar-refractivity contribution is 0.0991. The van der Waals surface area contributed by atoms with Crippen molar-refractivity contribution in [2.75, 3.05) is 11.9 Å². The highest BCUT2D eigenvalue weighted by Gasteiger charge is 2.18. The van der Waals surface area contributed by atoms with Gasteiger partial charge in [-0.1, -0.05) is 0 Å². The van der Waals surface area contributed by atoms with Gasteiger partial charge in [-0.25, -0.2) is 9.37 Å². The number of rotatable bonds is 2. The van der Waals surface area contributed by atoms with Crippen LogP contribution in [0.5, 0.6) is 0 Å². The fraction of sp³-hybridized carbons (Fsp3) is 0.0769. The number of pyridine rings is 2. The third-order valence-corrected chi connectivity index (χ3v) is 2.48. The minimum Gasteiger partial charge on any atom is -0.295 e. The lowest BCUT2D eigenvalue weighted by atomic mass is 10.2. The van der Waals surface area contributed by atoms with Gasteiger partial charge in [0.05, 0.1) is 17.3 Å². The van der Waals surface area contributed by atoms with Crippen molar-refractivity contribution in [3.63, 3.8) is 0 Å². The molecule has 0 aliphatic rings. The lowest BCUT2D eigenvalue weighted by Crippen LogP contribution is -2.28. The summed E-state index contributed by atoms with van der Waals surface area (Å²) in [4.78, 5) is 20.9. The predicted molar refractivity (Wildman–Crippen MR) is 65.9 cm³/mol. The molecule has 0 saturated carbocycles. The van der Waals surface area contributed by atoms with Crippen LogP contribution in [0.2, 0.25) is 0 Å².